The van der Waals surface area contributed by atoms with Crippen LogP contribution in [0.5, 0.6) is 0 Å². The second-order valence-electron chi connectivity index (χ2n) is 5.41. The molecule has 2 aromatic rings. The zero-order chi connectivity index (χ0) is 16.4. The minimum atomic E-state index is -1.34. The van der Waals surface area contributed by atoms with Gasteiger partial charge in [0.25, 0.3) is 5.91 Å². The summed E-state index contributed by atoms with van der Waals surface area (Å²) in [5.74, 6) is -3.66. The Morgan fingerprint density at radius 2 is 1.52 bits per heavy atom. The Labute approximate surface area is 133 Å². The summed E-state index contributed by atoms with van der Waals surface area (Å²) in [6, 6.07) is 17.1. The van der Waals surface area contributed by atoms with Crippen molar-refractivity contribution < 1.29 is 19.5 Å². The molecule has 0 saturated carbocycles. The Kier molecular flexibility index (Phi) is 3.93. The zero-order valence-electron chi connectivity index (χ0n) is 12.2. The molecule has 2 aromatic carbocycles. The van der Waals surface area contributed by atoms with Crippen molar-refractivity contribution >= 4 is 23.3 Å². The third-order valence-electron chi connectivity index (χ3n) is 3.99. The summed E-state index contributed by atoms with van der Waals surface area (Å²) in [6.07, 6.45) is -0.479. The van der Waals surface area contributed by atoms with Crippen LogP contribution in [0.25, 0.3) is 0 Å². The molecule has 23 heavy (non-hydrogen) atoms. The number of carboxylic acids is 1. The lowest BCUT2D eigenvalue weighted by Crippen LogP contribution is -2.31. The molecule has 0 radical (unpaired) electrons. The standard InChI is InChI=1S/C18H15NO4/c20-15(21)11-14-16(12-7-3-1-4-8-12)19(18(23)17(14)22)13-9-5-2-6-10-13/h1-10,14,16H,11H2,(H,20,21)/p-1/t14-,16+/m1/s1. The van der Waals surface area contributed by atoms with Gasteiger partial charge in [-0.1, -0.05) is 48.5 Å². The Hall–Kier alpha value is -2.95. The number of benzene rings is 2. The summed E-state index contributed by atoms with van der Waals surface area (Å²) in [5, 5.41) is 11.0. The molecule has 3 rings (SSSR count). The number of para-hydroxylation sites is 1. The van der Waals surface area contributed by atoms with Crippen molar-refractivity contribution in [2.24, 2.45) is 5.92 Å². The van der Waals surface area contributed by atoms with Crippen LogP contribution in [0, 0.1) is 5.92 Å². The van der Waals surface area contributed by atoms with Crippen LogP contribution in [0.3, 0.4) is 0 Å². The quantitative estimate of drug-likeness (QED) is 0.792. The fraction of sp³-hybridized carbons (Fsp3) is 0.167. The molecule has 0 N–H and O–H groups in total. The topological polar surface area (TPSA) is 77.5 Å². The number of ketones is 1. The summed E-state index contributed by atoms with van der Waals surface area (Å²) >= 11 is 0. The molecule has 1 fully saturated rings. The molecule has 0 spiro atoms. The summed E-state index contributed by atoms with van der Waals surface area (Å²) < 4.78 is 0. The zero-order valence-corrected chi connectivity index (χ0v) is 12.2. The van der Waals surface area contributed by atoms with Crippen molar-refractivity contribution in [1.29, 1.82) is 0 Å². The van der Waals surface area contributed by atoms with Gasteiger partial charge in [-0.2, -0.15) is 0 Å². The third-order valence-corrected chi connectivity index (χ3v) is 3.99. The number of carbonyl (C=O) groups is 3. The van der Waals surface area contributed by atoms with Gasteiger partial charge in [-0.25, -0.2) is 0 Å². The SMILES string of the molecule is O=C([O-])C[C@H]1C(=O)C(=O)N(c2ccccc2)[C@H]1c1ccccc1. The van der Waals surface area contributed by atoms with Gasteiger partial charge in [0.05, 0.1) is 12.0 Å². The predicted molar refractivity (Wildman–Crippen MR) is 81.2 cm³/mol. The molecule has 1 aliphatic heterocycles. The lowest BCUT2D eigenvalue weighted by Gasteiger charge is -2.27. The van der Waals surface area contributed by atoms with Gasteiger partial charge >= 0.3 is 0 Å². The van der Waals surface area contributed by atoms with Crippen LogP contribution in [0.15, 0.2) is 60.7 Å². The molecular formula is C18H14NO4-. The highest BCUT2D eigenvalue weighted by Crippen LogP contribution is 2.40. The first-order valence-corrected chi connectivity index (χ1v) is 7.27. The smallest absolute Gasteiger partial charge is 0.295 e. The molecule has 0 unspecified atom stereocenters. The van der Waals surface area contributed by atoms with Gasteiger partial charge in [-0.05, 0) is 24.1 Å². The highest BCUT2D eigenvalue weighted by atomic mass is 16.4. The van der Waals surface area contributed by atoms with Crippen molar-refractivity contribution in [2.75, 3.05) is 4.90 Å². The number of rotatable bonds is 4. The van der Waals surface area contributed by atoms with E-state index in [-0.39, 0.29) is 0 Å². The van der Waals surface area contributed by atoms with Crippen molar-refractivity contribution in [3.05, 3.63) is 66.2 Å². The van der Waals surface area contributed by atoms with E-state index in [4.69, 9.17) is 0 Å². The fourth-order valence-electron chi connectivity index (χ4n) is 3.01. The summed E-state index contributed by atoms with van der Waals surface area (Å²) in [6.45, 7) is 0. The maximum absolute atomic E-state index is 12.4. The van der Waals surface area contributed by atoms with Crippen molar-refractivity contribution in [2.45, 2.75) is 12.5 Å². The van der Waals surface area contributed by atoms with E-state index in [1.165, 1.54) is 4.90 Å². The van der Waals surface area contributed by atoms with E-state index < -0.39 is 36.0 Å². The second kappa shape index (κ2) is 6.04. The number of anilines is 1. The first kappa shape index (κ1) is 15.0. The molecule has 2 atom stereocenters. The number of nitrogens with zero attached hydrogens (tertiary/aromatic N) is 1. The molecule has 116 valence electrons. The van der Waals surface area contributed by atoms with Crippen LogP contribution in [0.2, 0.25) is 0 Å². The van der Waals surface area contributed by atoms with Crippen molar-refractivity contribution in [3.8, 4) is 0 Å². The molecule has 1 saturated heterocycles. The number of carboxylic acid groups (broad SMARTS) is 1. The first-order chi connectivity index (χ1) is 11.1. The Morgan fingerprint density at radius 3 is 2.09 bits per heavy atom. The average Bonchev–Trinajstić information content (AvgIpc) is 2.81. The van der Waals surface area contributed by atoms with E-state index in [1.807, 2.05) is 12.1 Å². The van der Waals surface area contributed by atoms with Crippen LogP contribution in [-0.2, 0) is 14.4 Å². The fourth-order valence-corrected chi connectivity index (χ4v) is 3.01. The van der Waals surface area contributed by atoms with E-state index in [2.05, 4.69) is 0 Å². The van der Waals surface area contributed by atoms with Gasteiger partial charge in [0.1, 0.15) is 0 Å². The van der Waals surface area contributed by atoms with Crippen LogP contribution in [-0.4, -0.2) is 17.7 Å². The second-order valence-corrected chi connectivity index (χ2v) is 5.41. The third kappa shape index (κ3) is 2.73. The van der Waals surface area contributed by atoms with E-state index in [1.54, 1.807) is 48.5 Å². The maximum Gasteiger partial charge on any atom is 0.295 e. The largest absolute Gasteiger partial charge is 0.550 e. The number of aliphatic carboxylic acids is 1. The van der Waals surface area contributed by atoms with Gasteiger partial charge in [-0.3, -0.25) is 14.5 Å². The average molecular weight is 308 g/mol. The minimum Gasteiger partial charge on any atom is -0.550 e. The summed E-state index contributed by atoms with van der Waals surface area (Å²) in [5.41, 5.74) is 1.29. The summed E-state index contributed by atoms with van der Waals surface area (Å²) in [4.78, 5) is 37.2. The Bertz CT molecular complexity index is 742. The minimum absolute atomic E-state index is 0.479. The van der Waals surface area contributed by atoms with Gasteiger partial charge in [0, 0.05) is 11.7 Å². The van der Waals surface area contributed by atoms with Crippen LogP contribution in [0.4, 0.5) is 5.69 Å². The normalized spacial score (nSPS) is 20.8. The molecular weight excluding hydrogens is 294 g/mol. The van der Waals surface area contributed by atoms with Crippen LogP contribution in [0.1, 0.15) is 18.0 Å². The van der Waals surface area contributed by atoms with Gasteiger partial charge in [0.2, 0.25) is 5.78 Å². The van der Waals surface area contributed by atoms with Gasteiger partial charge < -0.3 is 9.90 Å². The number of hydrogen-bond acceptors (Lipinski definition) is 4. The van der Waals surface area contributed by atoms with E-state index >= 15 is 0 Å². The molecule has 5 heteroatoms. The van der Waals surface area contributed by atoms with E-state index in [0.29, 0.717) is 5.69 Å². The number of carbonyl (C=O) groups excluding carboxylic acids is 3. The van der Waals surface area contributed by atoms with Crippen LogP contribution >= 0.6 is 0 Å². The van der Waals surface area contributed by atoms with Crippen LogP contribution < -0.4 is 10.0 Å². The molecule has 5 nitrogen and oxygen atoms in total. The lowest BCUT2D eigenvalue weighted by molar-refractivity contribution is -0.306. The highest BCUT2D eigenvalue weighted by Gasteiger charge is 2.48. The molecule has 0 aliphatic carbocycles. The number of hydrogen-bond donors (Lipinski definition) is 0. The molecule has 1 aliphatic rings. The summed E-state index contributed by atoms with van der Waals surface area (Å²) in [7, 11) is 0. The first-order valence-electron chi connectivity index (χ1n) is 7.27. The van der Waals surface area contributed by atoms with E-state index in [9.17, 15) is 19.5 Å². The highest BCUT2D eigenvalue weighted by molar-refractivity contribution is 6.45. The number of amides is 1. The molecule has 1 amide bonds. The Balaban J connectivity index is 2.11. The molecule has 0 aromatic heterocycles. The predicted octanol–water partition coefficient (Wildman–Crippen LogP) is 1.10. The molecule has 1 heterocycles. The number of Topliss-reactive ketones (excluding diaryl/α,β-unsaturated/α-hetero) is 1. The lowest BCUT2D eigenvalue weighted by atomic mass is 9.90. The van der Waals surface area contributed by atoms with Crippen molar-refractivity contribution in [3.63, 3.8) is 0 Å². The van der Waals surface area contributed by atoms with E-state index in [0.717, 1.165) is 5.56 Å². The maximum atomic E-state index is 12.4. The monoisotopic (exact) mass is 308 g/mol. The van der Waals surface area contributed by atoms with Gasteiger partial charge in [0.15, 0.2) is 0 Å². The Morgan fingerprint density at radius 1 is 0.957 bits per heavy atom. The molecule has 0 bridgehead atoms. The van der Waals surface area contributed by atoms with Crippen molar-refractivity contribution in [1.82, 2.24) is 0 Å². The van der Waals surface area contributed by atoms with Gasteiger partial charge in [-0.15, -0.1) is 0 Å².